The van der Waals surface area contributed by atoms with Crippen molar-refractivity contribution >= 4 is 44.8 Å². The van der Waals surface area contributed by atoms with E-state index < -0.39 is 10.8 Å². The Morgan fingerprint density at radius 1 is 0.750 bits per heavy atom. The number of fused-ring (bicyclic) bond motifs is 2. The number of ether oxygens (including phenoxy) is 2. The summed E-state index contributed by atoms with van der Waals surface area (Å²) >= 11 is 2.90. The zero-order chi connectivity index (χ0) is 34.6. The molecule has 6 rings (SSSR count). The van der Waals surface area contributed by atoms with Gasteiger partial charge in [-0.15, -0.1) is 22.7 Å². The van der Waals surface area contributed by atoms with Gasteiger partial charge in [-0.3, -0.25) is 9.59 Å². The fraction of sp³-hybridized carbons (Fsp3) is 0.474. The number of rotatable bonds is 10. The molecule has 2 aromatic heterocycles. The van der Waals surface area contributed by atoms with Gasteiger partial charge in [-0.05, 0) is 110 Å². The third kappa shape index (κ3) is 7.44. The van der Waals surface area contributed by atoms with Crippen LogP contribution in [-0.4, -0.2) is 36.0 Å². The van der Waals surface area contributed by atoms with Gasteiger partial charge in [-0.25, -0.2) is 9.97 Å². The minimum Gasteiger partial charge on any atom is -0.497 e. The molecule has 0 radical (unpaired) electrons. The third-order valence-electron chi connectivity index (χ3n) is 9.87. The Morgan fingerprint density at radius 2 is 1.15 bits per heavy atom. The summed E-state index contributed by atoms with van der Waals surface area (Å²) in [4.78, 5) is 34.5. The highest BCUT2D eigenvalue weighted by Crippen LogP contribution is 2.53. The van der Waals surface area contributed by atoms with Gasteiger partial charge in [0, 0.05) is 23.2 Å². The van der Waals surface area contributed by atoms with Crippen molar-refractivity contribution in [2.24, 2.45) is 22.7 Å². The minimum atomic E-state index is -0.468. The van der Waals surface area contributed by atoms with E-state index in [1.165, 1.54) is 44.9 Å². The maximum absolute atomic E-state index is 13.1. The molecule has 10 heteroatoms. The van der Waals surface area contributed by atoms with E-state index in [1.807, 2.05) is 22.9 Å². The second kappa shape index (κ2) is 14.8. The van der Waals surface area contributed by atoms with Crippen LogP contribution < -0.4 is 20.1 Å². The summed E-state index contributed by atoms with van der Waals surface area (Å²) in [6.07, 6.45) is 6.87. The molecule has 4 aromatic rings. The smallest absolute Gasteiger partial charge is 0.233 e. The monoisotopic (exact) mass is 688 g/mol. The van der Waals surface area contributed by atoms with Gasteiger partial charge in [0.2, 0.25) is 11.8 Å². The lowest BCUT2D eigenvalue weighted by molar-refractivity contribution is -0.126. The van der Waals surface area contributed by atoms with E-state index in [0.29, 0.717) is 22.1 Å². The summed E-state index contributed by atoms with van der Waals surface area (Å²) in [6, 6.07) is 12.4. The number of nitrogens with zero attached hydrogens (tertiary/aromatic N) is 2. The zero-order valence-corrected chi connectivity index (χ0v) is 30.9. The third-order valence-corrected chi connectivity index (χ3v) is 11.2. The van der Waals surface area contributed by atoms with Crippen molar-refractivity contribution in [3.63, 3.8) is 0 Å². The largest absolute Gasteiger partial charge is 0.497 e. The van der Waals surface area contributed by atoms with E-state index in [2.05, 4.69) is 86.4 Å². The van der Waals surface area contributed by atoms with Crippen molar-refractivity contribution in [3.05, 3.63) is 81.8 Å². The zero-order valence-electron chi connectivity index (χ0n) is 29.3. The second-order valence-electron chi connectivity index (χ2n) is 14.3. The van der Waals surface area contributed by atoms with E-state index in [-0.39, 0.29) is 23.7 Å². The lowest BCUT2D eigenvalue weighted by Crippen LogP contribution is -2.37. The summed E-state index contributed by atoms with van der Waals surface area (Å²) in [5.41, 5.74) is 4.06. The van der Waals surface area contributed by atoms with Crippen LogP contribution in [0.25, 0.3) is 0 Å². The number of carbonyl (C=O) groups excluding carboxylic acids is 2. The first-order valence-electron chi connectivity index (χ1n) is 16.6. The SMILES string of the molecule is COc1ccc2c(c1)[C@H](CC(C)C)[C@@](C)(C(=O)Nc1nccs1)C2.COc1ccc2c(c1)[C@H](CC(C)C)[C@](C)(C(=O)Nc1nccs1)C2. The molecule has 0 fully saturated rings. The van der Waals surface area contributed by atoms with Gasteiger partial charge in [0.05, 0.1) is 25.0 Å². The molecule has 2 amide bonds. The molecule has 0 saturated carbocycles. The van der Waals surface area contributed by atoms with Crippen LogP contribution in [0.1, 0.15) is 88.5 Å². The van der Waals surface area contributed by atoms with Crippen molar-refractivity contribution in [2.45, 2.75) is 79.1 Å². The van der Waals surface area contributed by atoms with Crippen LogP contribution in [0.5, 0.6) is 11.5 Å². The lowest BCUT2D eigenvalue weighted by Gasteiger charge is -2.31. The minimum absolute atomic E-state index is 0.0540. The molecule has 0 aliphatic heterocycles. The van der Waals surface area contributed by atoms with Crippen molar-refractivity contribution in [1.82, 2.24) is 9.97 Å². The van der Waals surface area contributed by atoms with Crippen molar-refractivity contribution < 1.29 is 19.1 Å². The number of benzene rings is 2. The van der Waals surface area contributed by atoms with Crippen LogP contribution in [0.2, 0.25) is 0 Å². The van der Waals surface area contributed by atoms with Crippen LogP contribution in [0.15, 0.2) is 59.6 Å². The van der Waals surface area contributed by atoms with Crippen LogP contribution in [0, 0.1) is 22.7 Å². The predicted octanol–water partition coefficient (Wildman–Crippen LogP) is 8.97. The highest BCUT2D eigenvalue weighted by molar-refractivity contribution is 7.14. The van der Waals surface area contributed by atoms with Crippen LogP contribution in [0.4, 0.5) is 10.3 Å². The quantitative estimate of drug-likeness (QED) is 0.173. The maximum Gasteiger partial charge on any atom is 0.233 e. The molecule has 48 heavy (non-hydrogen) atoms. The number of methoxy groups -OCH3 is 2. The van der Waals surface area contributed by atoms with Gasteiger partial charge in [-0.1, -0.05) is 39.8 Å². The molecular weight excluding hydrogens is 641 g/mol. The molecular formula is C38H48N4O4S2. The number of anilines is 2. The average molecular weight is 689 g/mol. The molecule has 2 N–H and O–H groups in total. The van der Waals surface area contributed by atoms with E-state index in [1.54, 1.807) is 26.6 Å². The number of hydrogen-bond acceptors (Lipinski definition) is 8. The predicted molar refractivity (Wildman–Crippen MR) is 195 cm³/mol. The van der Waals surface area contributed by atoms with Crippen LogP contribution >= 0.6 is 22.7 Å². The van der Waals surface area contributed by atoms with E-state index in [4.69, 9.17) is 9.47 Å². The first-order valence-corrected chi connectivity index (χ1v) is 18.4. The standard InChI is InChI=1S/2C19H24N2O2S/c2*1-12(2)9-16-15-10-14(23-4)6-5-13(15)11-19(16,3)17(22)21-18-20-7-8-24-18/h2*5-8,10,12,16H,9,11H2,1-4H3,(H,20,21,22)/t16-,19+;16-,19-/m00/s1. The van der Waals surface area contributed by atoms with Gasteiger partial charge in [0.1, 0.15) is 11.5 Å². The number of thiazole rings is 2. The fourth-order valence-corrected chi connectivity index (χ4v) is 8.39. The first kappa shape index (κ1) is 35.5. The molecule has 2 aromatic carbocycles. The Hall–Kier alpha value is -3.76. The number of carbonyl (C=O) groups is 2. The lowest BCUT2D eigenvalue weighted by atomic mass is 9.73. The van der Waals surface area contributed by atoms with Crippen molar-refractivity contribution in [2.75, 3.05) is 24.9 Å². The molecule has 2 heterocycles. The van der Waals surface area contributed by atoms with E-state index >= 15 is 0 Å². The van der Waals surface area contributed by atoms with Crippen LogP contribution in [-0.2, 0) is 22.4 Å². The summed E-state index contributed by atoms with van der Waals surface area (Å²) in [5, 5.41) is 11.1. The average Bonchev–Trinajstić information content (AvgIpc) is 3.86. The van der Waals surface area contributed by atoms with Crippen molar-refractivity contribution in [3.8, 4) is 11.5 Å². The number of amides is 2. The molecule has 0 spiro atoms. The normalized spacial score (nSPS) is 22.5. The Bertz CT molecular complexity index is 1580. The van der Waals surface area contributed by atoms with Gasteiger partial charge in [0.25, 0.3) is 0 Å². The number of hydrogen-bond donors (Lipinski definition) is 2. The van der Waals surface area contributed by atoms with Gasteiger partial charge >= 0.3 is 0 Å². The van der Waals surface area contributed by atoms with Gasteiger partial charge in [-0.2, -0.15) is 0 Å². The second-order valence-corrected chi connectivity index (χ2v) is 16.1. The molecule has 4 atom stereocenters. The van der Waals surface area contributed by atoms with Gasteiger partial charge in [0.15, 0.2) is 10.3 Å². The van der Waals surface area contributed by atoms with Gasteiger partial charge < -0.3 is 20.1 Å². The van der Waals surface area contributed by atoms with E-state index in [9.17, 15) is 9.59 Å². The van der Waals surface area contributed by atoms with Crippen molar-refractivity contribution in [1.29, 1.82) is 0 Å². The molecule has 0 saturated heterocycles. The topological polar surface area (TPSA) is 102 Å². The fourth-order valence-electron chi connectivity index (χ4n) is 7.34. The summed E-state index contributed by atoms with van der Waals surface area (Å²) < 4.78 is 10.8. The van der Waals surface area contributed by atoms with Crippen LogP contribution in [0.3, 0.4) is 0 Å². The first-order chi connectivity index (χ1) is 22.9. The Labute approximate surface area is 292 Å². The molecule has 8 nitrogen and oxygen atoms in total. The summed E-state index contributed by atoms with van der Waals surface area (Å²) in [7, 11) is 3.37. The molecule has 2 aliphatic rings. The molecule has 2 aliphatic carbocycles. The molecule has 0 bridgehead atoms. The number of nitrogens with one attached hydrogen (secondary N) is 2. The molecule has 0 unspecified atom stereocenters. The highest BCUT2D eigenvalue weighted by Gasteiger charge is 2.49. The molecule has 256 valence electrons. The Balaban J connectivity index is 0.000000188. The maximum atomic E-state index is 13.1. The Morgan fingerprint density at radius 3 is 1.46 bits per heavy atom. The summed E-state index contributed by atoms with van der Waals surface area (Å²) in [5.74, 6) is 3.21. The Kier molecular flexibility index (Phi) is 10.9. The van der Waals surface area contributed by atoms with E-state index in [0.717, 1.165) is 37.2 Å². The highest BCUT2D eigenvalue weighted by atomic mass is 32.1. The number of aromatic nitrogens is 2. The summed E-state index contributed by atoms with van der Waals surface area (Å²) in [6.45, 7) is 13.0.